The van der Waals surface area contributed by atoms with Crippen molar-refractivity contribution in [2.45, 2.75) is 30.4 Å². The molecule has 1 aromatic rings. The van der Waals surface area contributed by atoms with Gasteiger partial charge in [0.2, 0.25) is 15.9 Å². The summed E-state index contributed by atoms with van der Waals surface area (Å²) in [6.45, 7) is 4.51. The van der Waals surface area contributed by atoms with Gasteiger partial charge in [-0.15, -0.1) is 0 Å². The third kappa shape index (κ3) is 4.32. The van der Waals surface area contributed by atoms with Crippen LogP contribution in [0.2, 0.25) is 0 Å². The fourth-order valence-corrected chi connectivity index (χ4v) is 4.20. The highest BCUT2D eigenvalue weighted by Crippen LogP contribution is 2.31. The number of piperidine rings is 1. The smallest absolute Gasteiger partial charge is 0.246 e. The number of hydrogen-bond donors (Lipinski definition) is 1. The Labute approximate surface area is 154 Å². The van der Waals surface area contributed by atoms with Crippen LogP contribution in [0.5, 0.6) is 0 Å². The number of rotatable bonds is 5. The van der Waals surface area contributed by atoms with E-state index in [0.29, 0.717) is 45.7 Å². The van der Waals surface area contributed by atoms with E-state index in [1.165, 1.54) is 18.2 Å². The van der Waals surface area contributed by atoms with Gasteiger partial charge in [0.15, 0.2) is 5.79 Å². The number of carbonyl (C=O) groups is 1. The second-order valence-electron chi connectivity index (χ2n) is 6.34. The van der Waals surface area contributed by atoms with Crippen LogP contribution < -0.4 is 4.72 Å². The van der Waals surface area contributed by atoms with Crippen LogP contribution in [0.1, 0.15) is 25.3 Å². The summed E-state index contributed by atoms with van der Waals surface area (Å²) in [7, 11) is -3.46. The van der Waals surface area contributed by atoms with Gasteiger partial charge in [0.05, 0.1) is 18.1 Å². The van der Waals surface area contributed by atoms with Crippen molar-refractivity contribution >= 4 is 22.0 Å². The third-order valence-electron chi connectivity index (χ3n) is 4.59. The third-order valence-corrected chi connectivity index (χ3v) is 6.16. The quantitative estimate of drug-likeness (QED) is 0.780. The molecule has 7 nitrogen and oxygen atoms in total. The number of hydrogen-bond acceptors (Lipinski definition) is 5. The van der Waals surface area contributed by atoms with Crippen LogP contribution in [-0.4, -0.2) is 57.9 Å². The lowest BCUT2D eigenvalue weighted by Gasteiger charge is -2.37. The van der Waals surface area contributed by atoms with E-state index in [2.05, 4.69) is 4.72 Å². The molecule has 1 N–H and O–H groups in total. The van der Waals surface area contributed by atoms with E-state index in [9.17, 15) is 13.2 Å². The Kier molecular flexibility index (Phi) is 5.76. The van der Waals surface area contributed by atoms with Gasteiger partial charge >= 0.3 is 0 Å². The Hall–Kier alpha value is -1.74. The average Bonchev–Trinajstić information content (AvgIpc) is 3.08. The lowest BCUT2D eigenvalue weighted by atomic mass is 10.0. The van der Waals surface area contributed by atoms with Gasteiger partial charge in [-0.3, -0.25) is 4.79 Å². The second-order valence-corrected chi connectivity index (χ2v) is 8.10. The topological polar surface area (TPSA) is 84.9 Å². The molecule has 2 saturated heterocycles. The molecular formula is C18H24N2O5S. The number of amides is 1. The molecule has 2 aliphatic heterocycles. The Bertz CT molecular complexity index is 757. The van der Waals surface area contributed by atoms with Crippen molar-refractivity contribution < 1.29 is 22.7 Å². The fraction of sp³-hybridized carbons (Fsp3) is 0.500. The minimum atomic E-state index is -3.46. The highest BCUT2D eigenvalue weighted by Gasteiger charge is 2.40. The van der Waals surface area contributed by atoms with Crippen LogP contribution in [0.25, 0.3) is 6.08 Å². The van der Waals surface area contributed by atoms with Gasteiger partial charge in [-0.2, -0.15) is 0 Å². The monoisotopic (exact) mass is 380 g/mol. The van der Waals surface area contributed by atoms with Crippen LogP contribution in [0.4, 0.5) is 0 Å². The van der Waals surface area contributed by atoms with E-state index < -0.39 is 15.8 Å². The van der Waals surface area contributed by atoms with Crippen LogP contribution in [-0.2, 0) is 24.3 Å². The Morgan fingerprint density at radius 3 is 2.38 bits per heavy atom. The van der Waals surface area contributed by atoms with Crippen molar-refractivity contribution in [1.82, 2.24) is 9.62 Å². The van der Waals surface area contributed by atoms with E-state index in [-0.39, 0.29) is 10.8 Å². The molecule has 0 saturated carbocycles. The van der Waals surface area contributed by atoms with E-state index >= 15 is 0 Å². The van der Waals surface area contributed by atoms with Crippen molar-refractivity contribution in [3.63, 3.8) is 0 Å². The lowest BCUT2D eigenvalue weighted by molar-refractivity contribution is -0.186. The van der Waals surface area contributed by atoms with Crippen molar-refractivity contribution in [3.05, 3.63) is 35.9 Å². The zero-order valence-electron chi connectivity index (χ0n) is 14.8. The number of ether oxygens (including phenoxy) is 2. The van der Waals surface area contributed by atoms with Gasteiger partial charge in [0, 0.05) is 38.6 Å². The molecule has 2 fully saturated rings. The summed E-state index contributed by atoms with van der Waals surface area (Å²) in [5, 5.41) is 0. The van der Waals surface area contributed by atoms with E-state index in [1.54, 1.807) is 30.0 Å². The Morgan fingerprint density at radius 2 is 1.81 bits per heavy atom. The predicted molar refractivity (Wildman–Crippen MR) is 96.8 cm³/mol. The molecule has 1 spiro atoms. The summed E-state index contributed by atoms with van der Waals surface area (Å²) in [6.07, 6.45) is 4.58. The van der Waals surface area contributed by atoms with Gasteiger partial charge in [0.25, 0.3) is 0 Å². The summed E-state index contributed by atoms with van der Waals surface area (Å²) in [4.78, 5) is 14.3. The number of sulfonamides is 1. The zero-order chi connectivity index (χ0) is 18.6. The minimum absolute atomic E-state index is 0.0674. The molecule has 0 unspecified atom stereocenters. The normalized spacial score (nSPS) is 20.1. The number of nitrogens with one attached hydrogen (secondary N) is 1. The van der Waals surface area contributed by atoms with Crippen molar-refractivity contribution in [2.75, 3.05) is 32.8 Å². The highest BCUT2D eigenvalue weighted by molar-refractivity contribution is 7.89. The number of likely N-dealkylation sites (tertiary alicyclic amines) is 1. The molecule has 2 aliphatic rings. The molecule has 0 radical (unpaired) electrons. The summed E-state index contributed by atoms with van der Waals surface area (Å²) >= 11 is 0. The van der Waals surface area contributed by atoms with E-state index in [1.807, 2.05) is 0 Å². The van der Waals surface area contributed by atoms with Gasteiger partial charge in [-0.1, -0.05) is 19.1 Å². The number of benzene rings is 1. The van der Waals surface area contributed by atoms with Crippen LogP contribution >= 0.6 is 0 Å². The first-order valence-corrected chi connectivity index (χ1v) is 10.3. The molecule has 8 heteroatoms. The van der Waals surface area contributed by atoms with Crippen LogP contribution in [0.15, 0.2) is 35.2 Å². The van der Waals surface area contributed by atoms with Gasteiger partial charge in [-0.25, -0.2) is 13.1 Å². The minimum Gasteiger partial charge on any atom is -0.347 e. The molecule has 1 aromatic carbocycles. The maximum Gasteiger partial charge on any atom is 0.246 e. The summed E-state index contributed by atoms with van der Waals surface area (Å²) in [6, 6.07) is 6.42. The maximum absolute atomic E-state index is 12.3. The molecule has 26 heavy (non-hydrogen) atoms. The van der Waals surface area contributed by atoms with Crippen molar-refractivity contribution in [2.24, 2.45) is 0 Å². The average molecular weight is 380 g/mol. The van der Waals surface area contributed by atoms with Crippen molar-refractivity contribution in [3.8, 4) is 0 Å². The molecule has 3 rings (SSSR count). The second kappa shape index (κ2) is 7.87. The lowest BCUT2D eigenvalue weighted by Crippen LogP contribution is -2.46. The van der Waals surface area contributed by atoms with E-state index in [0.717, 1.165) is 5.56 Å². The summed E-state index contributed by atoms with van der Waals surface area (Å²) in [5.74, 6) is -0.559. The Morgan fingerprint density at radius 1 is 1.19 bits per heavy atom. The van der Waals surface area contributed by atoms with E-state index in [4.69, 9.17) is 9.47 Å². The summed E-state index contributed by atoms with van der Waals surface area (Å²) in [5.41, 5.74) is 0.768. The molecular weight excluding hydrogens is 356 g/mol. The first kappa shape index (κ1) is 19.0. The molecule has 2 heterocycles. The first-order chi connectivity index (χ1) is 12.4. The van der Waals surface area contributed by atoms with Crippen molar-refractivity contribution in [1.29, 1.82) is 0 Å². The predicted octanol–water partition coefficient (Wildman–Crippen LogP) is 1.36. The fourth-order valence-electron chi connectivity index (χ4n) is 3.16. The molecule has 0 aromatic heterocycles. The van der Waals surface area contributed by atoms with Crippen LogP contribution in [0.3, 0.4) is 0 Å². The summed E-state index contributed by atoms with van der Waals surface area (Å²) < 4.78 is 37.6. The maximum atomic E-state index is 12.3. The molecule has 0 aliphatic carbocycles. The molecule has 142 valence electrons. The molecule has 0 bridgehead atoms. The SMILES string of the molecule is CCNS(=O)(=O)c1ccc(/C=C/C(=O)N2CCC3(CC2)OCCO3)cc1. The van der Waals surface area contributed by atoms with Gasteiger partial charge < -0.3 is 14.4 Å². The number of nitrogens with zero attached hydrogens (tertiary/aromatic N) is 1. The standard InChI is InChI=1S/C18H24N2O5S/c1-2-19-26(22,23)16-6-3-15(4-7-16)5-8-17(21)20-11-9-18(10-12-20)24-13-14-25-18/h3-8,19H,2,9-14H2,1H3/b8-5+. The zero-order valence-corrected chi connectivity index (χ0v) is 15.6. The van der Waals surface area contributed by atoms with Gasteiger partial charge in [0.1, 0.15) is 0 Å². The molecule has 1 amide bonds. The highest BCUT2D eigenvalue weighted by atomic mass is 32.2. The largest absolute Gasteiger partial charge is 0.347 e. The van der Waals surface area contributed by atoms with Gasteiger partial charge in [-0.05, 0) is 23.8 Å². The Balaban J connectivity index is 1.57. The molecule has 0 atom stereocenters. The number of carbonyl (C=O) groups excluding carboxylic acids is 1. The van der Waals surface area contributed by atoms with Crippen LogP contribution in [0, 0.1) is 0 Å². The first-order valence-electron chi connectivity index (χ1n) is 8.79.